The average Bonchev–Trinajstić information content (AvgIpc) is 3.53. The summed E-state index contributed by atoms with van der Waals surface area (Å²) in [5, 5.41) is 6.78. The second-order valence-electron chi connectivity index (χ2n) is 9.84. The van der Waals surface area contributed by atoms with Crippen molar-refractivity contribution in [1.82, 2.24) is 10.7 Å². The van der Waals surface area contributed by atoms with Gasteiger partial charge in [0.15, 0.2) is 6.61 Å². The first kappa shape index (κ1) is 31.5. The molecule has 3 aromatic carbocycles. The SMILES string of the molecule is CCOc1ccc(S(=O)(=O)N(CC(=O)N/N=C\c2ccc(OCC(=O)NC[C@@H]3CCCO3)cc2)c2ccc(C)cc2)cc1. The van der Waals surface area contributed by atoms with Crippen molar-refractivity contribution in [2.45, 2.75) is 37.7 Å². The third kappa shape index (κ3) is 9.29. The summed E-state index contributed by atoms with van der Waals surface area (Å²) in [4.78, 5) is 24.9. The lowest BCUT2D eigenvalue weighted by Gasteiger charge is -2.24. The Hall–Kier alpha value is -4.42. The molecular weight excluding hydrogens is 572 g/mol. The number of hydrazone groups is 1. The molecule has 0 bridgehead atoms. The smallest absolute Gasteiger partial charge is 0.264 e. The highest BCUT2D eigenvalue weighted by atomic mass is 32.2. The molecule has 11 nitrogen and oxygen atoms in total. The molecule has 2 N–H and O–H groups in total. The van der Waals surface area contributed by atoms with Crippen LogP contribution in [0.25, 0.3) is 0 Å². The quantitative estimate of drug-likeness (QED) is 0.212. The largest absolute Gasteiger partial charge is 0.494 e. The van der Waals surface area contributed by atoms with E-state index in [1.54, 1.807) is 60.7 Å². The number of carbonyl (C=O) groups excluding carboxylic acids is 2. The van der Waals surface area contributed by atoms with E-state index >= 15 is 0 Å². The van der Waals surface area contributed by atoms with Crippen molar-refractivity contribution in [3.63, 3.8) is 0 Å². The summed E-state index contributed by atoms with van der Waals surface area (Å²) in [6.45, 7) is 4.78. The molecule has 12 heteroatoms. The molecule has 0 spiro atoms. The molecule has 0 saturated carbocycles. The van der Waals surface area contributed by atoms with Crippen molar-refractivity contribution in [3.8, 4) is 11.5 Å². The van der Waals surface area contributed by atoms with Gasteiger partial charge in [-0.25, -0.2) is 13.8 Å². The Labute approximate surface area is 251 Å². The second kappa shape index (κ2) is 15.2. The van der Waals surface area contributed by atoms with Crippen molar-refractivity contribution in [2.24, 2.45) is 5.10 Å². The molecule has 1 heterocycles. The number of nitrogens with one attached hydrogen (secondary N) is 2. The number of rotatable bonds is 14. The Morgan fingerprint density at radius 2 is 1.65 bits per heavy atom. The number of sulfonamides is 1. The van der Waals surface area contributed by atoms with Gasteiger partial charge >= 0.3 is 0 Å². The molecule has 0 aromatic heterocycles. The van der Waals surface area contributed by atoms with Crippen LogP contribution in [-0.2, 0) is 24.3 Å². The molecule has 0 unspecified atom stereocenters. The molecule has 3 aromatic rings. The third-order valence-corrected chi connectivity index (χ3v) is 8.32. The number of aryl methyl sites for hydroxylation is 1. The number of anilines is 1. The van der Waals surface area contributed by atoms with Crippen LogP contribution >= 0.6 is 0 Å². The minimum absolute atomic E-state index is 0.0236. The molecule has 43 heavy (non-hydrogen) atoms. The van der Waals surface area contributed by atoms with E-state index in [0.717, 1.165) is 29.3 Å². The van der Waals surface area contributed by atoms with E-state index in [1.807, 2.05) is 13.8 Å². The summed E-state index contributed by atoms with van der Waals surface area (Å²) in [6.07, 6.45) is 3.44. The molecular formula is C31H36N4O7S. The van der Waals surface area contributed by atoms with Gasteiger partial charge in [0.25, 0.3) is 21.8 Å². The van der Waals surface area contributed by atoms with Crippen LogP contribution in [0.5, 0.6) is 11.5 Å². The molecule has 2 amide bonds. The van der Waals surface area contributed by atoms with Crippen LogP contribution < -0.4 is 24.5 Å². The van der Waals surface area contributed by atoms with Gasteiger partial charge in [0.05, 0.1) is 29.5 Å². The van der Waals surface area contributed by atoms with Gasteiger partial charge < -0.3 is 19.5 Å². The van der Waals surface area contributed by atoms with Crippen LogP contribution in [0.4, 0.5) is 5.69 Å². The number of amides is 2. The summed E-state index contributed by atoms with van der Waals surface area (Å²) in [5.41, 5.74) is 4.35. The normalized spacial score (nSPS) is 14.8. The lowest BCUT2D eigenvalue weighted by molar-refractivity contribution is -0.123. The van der Waals surface area contributed by atoms with E-state index < -0.39 is 22.5 Å². The van der Waals surface area contributed by atoms with Crippen LogP contribution in [-0.4, -0.2) is 65.5 Å². The summed E-state index contributed by atoms with van der Waals surface area (Å²) >= 11 is 0. The van der Waals surface area contributed by atoms with Crippen molar-refractivity contribution in [2.75, 3.05) is 37.2 Å². The van der Waals surface area contributed by atoms with Gasteiger partial charge in [0.1, 0.15) is 18.0 Å². The highest BCUT2D eigenvalue weighted by molar-refractivity contribution is 7.92. The first-order chi connectivity index (χ1) is 20.7. The molecule has 4 rings (SSSR count). The van der Waals surface area contributed by atoms with Gasteiger partial charge in [-0.05, 0) is 92.9 Å². The first-order valence-electron chi connectivity index (χ1n) is 14.0. The average molecular weight is 609 g/mol. The summed E-state index contributed by atoms with van der Waals surface area (Å²) in [6, 6.07) is 19.7. The molecule has 0 aliphatic carbocycles. The number of carbonyl (C=O) groups is 2. The van der Waals surface area contributed by atoms with E-state index in [2.05, 4.69) is 15.8 Å². The Kier molecular flexibility index (Phi) is 11.1. The van der Waals surface area contributed by atoms with Crippen LogP contribution in [0.15, 0.2) is 82.8 Å². The molecule has 1 fully saturated rings. The highest BCUT2D eigenvalue weighted by Gasteiger charge is 2.27. The standard InChI is InChI=1S/C31H36N4O7S/c1-3-40-26-14-16-29(17-15-26)43(38,39)35(25-10-6-23(2)7-11-25)21-30(36)34-33-19-24-8-12-27(13-9-24)42-22-31(37)32-20-28-5-4-18-41-28/h6-17,19,28H,3-5,18,20-22H2,1-2H3,(H,32,37)(H,34,36)/b33-19-/t28-/m0/s1. The van der Waals surface area contributed by atoms with E-state index in [-0.39, 0.29) is 23.5 Å². The maximum absolute atomic E-state index is 13.6. The maximum atomic E-state index is 13.6. The molecule has 1 aliphatic rings. The van der Waals surface area contributed by atoms with Gasteiger partial charge in [-0.2, -0.15) is 5.10 Å². The number of hydrogen-bond acceptors (Lipinski definition) is 8. The van der Waals surface area contributed by atoms with Crippen LogP contribution in [0.3, 0.4) is 0 Å². The fourth-order valence-electron chi connectivity index (χ4n) is 4.26. The topological polar surface area (TPSA) is 136 Å². The van der Waals surface area contributed by atoms with Crippen LogP contribution in [0.2, 0.25) is 0 Å². The lowest BCUT2D eigenvalue weighted by Crippen LogP contribution is -2.39. The van der Waals surface area contributed by atoms with Gasteiger partial charge in [0, 0.05) is 13.2 Å². The molecule has 1 aliphatic heterocycles. The van der Waals surface area contributed by atoms with Gasteiger partial charge in [0.2, 0.25) is 0 Å². The molecule has 1 atom stereocenters. The summed E-state index contributed by atoms with van der Waals surface area (Å²) < 4.78 is 44.6. The number of ether oxygens (including phenoxy) is 3. The minimum Gasteiger partial charge on any atom is -0.494 e. The van der Waals surface area contributed by atoms with Crippen molar-refractivity contribution < 1.29 is 32.2 Å². The summed E-state index contributed by atoms with van der Waals surface area (Å²) in [7, 11) is -4.08. The monoisotopic (exact) mass is 608 g/mol. The van der Waals surface area contributed by atoms with Crippen LogP contribution in [0.1, 0.15) is 30.9 Å². The minimum atomic E-state index is -4.08. The van der Waals surface area contributed by atoms with E-state index in [0.29, 0.717) is 35.9 Å². The first-order valence-corrected chi connectivity index (χ1v) is 15.4. The fraction of sp³-hybridized carbons (Fsp3) is 0.323. The Balaban J connectivity index is 1.33. The van der Waals surface area contributed by atoms with Gasteiger partial charge in [-0.3, -0.25) is 13.9 Å². The number of benzene rings is 3. The van der Waals surface area contributed by atoms with Crippen LogP contribution in [0, 0.1) is 6.92 Å². The zero-order valence-corrected chi connectivity index (χ0v) is 25.0. The van der Waals surface area contributed by atoms with E-state index in [1.165, 1.54) is 18.3 Å². The molecule has 0 radical (unpaired) electrons. The molecule has 1 saturated heterocycles. The predicted molar refractivity (Wildman–Crippen MR) is 163 cm³/mol. The van der Waals surface area contributed by atoms with Crippen molar-refractivity contribution >= 4 is 33.7 Å². The Morgan fingerprint density at radius 1 is 0.977 bits per heavy atom. The third-order valence-electron chi connectivity index (χ3n) is 6.54. The van der Waals surface area contributed by atoms with Gasteiger partial charge in [-0.1, -0.05) is 17.7 Å². The number of nitrogens with zero attached hydrogens (tertiary/aromatic N) is 2. The zero-order valence-electron chi connectivity index (χ0n) is 24.2. The summed E-state index contributed by atoms with van der Waals surface area (Å²) in [5.74, 6) is 0.195. The fourth-order valence-corrected chi connectivity index (χ4v) is 5.68. The number of hydrogen-bond donors (Lipinski definition) is 2. The maximum Gasteiger partial charge on any atom is 0.264 e. The van der Waals surface area contributed by atoms with E-state index in [4.69, 9.17) is 14.2 Å². The Bertz CT molecular complexity index is 1490. The van der Waals surface area contributed by atoms with Crippen molar-refractivity contribution in [1.29, 1.82) is 0 Å². The molecule has 228 valence electrons. The van der Waals surface area contributed by atoms with E-state index in [9.17, 15) is 18.0 Å². The second-order valence-corrected chi connectivity index (χ2v) is 11.7. The highest BCUT2D eigenvalue weighted by Crippen LogP contribution is 2.25. The lowest BCUT2D eigenvalue weighted by atomic mass is 10.2. The van der Waals surface area contributed by atoms with Gasteiger partial charge in [-0.15, -0.1) is 0 Å². The Morgan fingerprint density at radius 3 is 2.30 bits per heavy atom. The van der Waals surface area contributed by atoms with Crippen molar-refractivity contribution in [3.05, 3.63) is 83.9 Å². The predicted octanol–water partition coefficient (Wildman–Crippen LogP) is 3.41. The zero-order chi connectivity index (χ0) is 30.7.